The molecule has 6 nitrogen and oxygen atoms in total. The summed E-state index contributed by atoms with van der Waals surface area (Å²) < 4.78 is 55.5. The lowest BCUT2D eigenvalue weighted by atomic mass is 10.1. The van der Waals surface area contributed by atoms with Gasteiger partial charge in [0.1, 0.15) is 0 Å². The molecule has 0 radical (unpaired) electrons. The zero-order valence-electron chi connectivity index (χ0n) is 14.1. The van der Waals surface area contributed by atoms with Gasteiger partial charge in [-0.15, -0.1) is 0 Å². The largest absolute Gasteiger partial charge is 0.241 e. The number of benzene rings is 2. The second kappa shape index (κ2) is 6.45. The number of sulfonamides is 2. The van der Waals surface area contributed by atoms with Crippen LogP contribution in [-0.2, 0) is 26.5 Å². The van der Waals surface area contributed by atoms with E-state index >= 15 is 0 Å². The summed E-state index contributed by atoms with van der Waals surface area (Å²) in [5.74, 6) is 0. The van der Waals surface area contributed by atoms with Crippen molar-refractivity contribution in [2.45, 2.75) is 47.6 Å². The second-order valence-corrected chi connectivity index (χ2v) is 10.2. The van der Waals surface area contributed by atoms with Crippen LogP contribution in [0.15, 0.2) is 58.3 Å². The molecule has 138 valence electrons. The predicted octanol–water partition coefficient (Wildman–Crippen LogP) is 2.09. The minimum absolute atomic E-state index is 0.0286. The van der Waals surface area contributed by atoms with Gasteiger partial charge in [0.2, 0.25) is 20.0 Å². The van der Waals surface area contributed by atoms with E-state index in [2.05, 4.69) is 9.44 Å². The van der Waals surface area contributed by atoms with Gasteiger partial charge in [-0.25, -0.2) is 26.3 Å². The van der Waals surface area contributed by atoms with Crippen LogP contribution in [0.25, 0.3) is 0 Å². The van der Waals surface area contributed by atoms with Gasteiger partial charge >= 0.3 is 0 Å². The Bertz CT molecular complexity index is 1040. The summed E-state index contributed by atoms with van der Waals surface area (Å²) >= 11 is 0. The Morgan fingerprint density at radius 2 is 1.42 bits per heavy atom. The summed E-state index contributed by atoms with van der Waals surface area (Å²) in [6.45, 7) is 0. The molecular formula is C18H20N2O4S2. The Labute approximate surface area is 153 Å². The summed E-state index contributed by atoms with van der Waals surface area (Å²) in [5.41, 5.74) is 2.13. The maximum Gasteiger partial charge on any atom is 0.241 e. The molecule has 2 aromatic carbocycles. The number of nitrogens with one attached hydrogen (secondary N) is 2. The van der Waals surface area contributed by atoms with Crippen molar-refractivity contribution < 1.29 is 16.8 Å². The van der Waals surface area contributed by atoms with Gasteiger partial charge < -0.3 is 0 Å². The standard InChI is InChI=1S/C18H20N2O4S2/c21-25(22,19-14-9-10-14)15-5-3-6-16(12-15)26(23,24)20-18-11-8-13-4-1-2-7-17(13)18/h1-7,12,14,18-20H,8-11H2. The molecule has 2 aliphatic rings. The number of aryl methyl sites for hydroxylation is 1. The fourth-order valence-corrected chi connectivity index (χ4v) is 5.95. The summed E-state index contributed by atoms with van der Waals surface area (Å²) in [6.07, 6.45) is 3.16. The maximum atomic E-state index is 12.8. The normalized spacial score (nSPS) is 20.1. The van der Waals surface area contributed by atoms with Gasteiger partial charge in [0.15, 0.2) is 0 Å². The smallest absolute Gasteiger partial charge is 0.208 e. The number of hydrogen-bond acceptors (Lipinski definition) is 4. The minimum Gasteiger partial charge on any atom is -0.208 e. The van der Waals surface area contributed by atoms with Gasteiger partial charge in [0, 0.05) is 12.1 Å². The summed E-state index contributed by atoms with van der Waals surface area (Å²) in [7, 11) is -7.52. The van der Waals surface area contributed by atoms with Crippen LogP contribution in [0.1, 0.15) is 36.4 Å². The molecule has 0 aromatic heterocycles. The number of hydrogen-bond donors (Lipinski definition) is 2. The molecule has 0 spiro atoms. The Morgan fingerprint density at radius 1 is 0.769 bits per heavy atom. The molecule has 8 heteroatoms. The molecule has 26 heavy (non-hydrogen) atoms. The molecule has 0 heterocycles. The Balaban J connectivity index is 1.60. The van der Waals surface area contributed by atoms with Gasteiger partial charge in [-0.3, -0.25) is 0 Å². The Morgan fingerprint density at radius 3 is 2.12 bits per heavy atom. The van der Waals surface area contributed by atoms with Crippen molar-refractivity contribution in [1.82, 2.24) is 9.44 Å². The van der Waals surface area contributed by atoms with Gasteiger partial charge in [-0.1, -0.05) is 30.3 Å². The lowest BCUT2D eigenvalue weighted by Crippen LogP contribution is -2.28. The highest BCUT2D eigenvalue weighted by molar-refractivity contribution is 7.90. The average molecular weight is 393 g/mol. The second-order valence-electron chi connectivity index (χ2n) is 6.78. The third-order valence-corrected chi connectivity index (χ3v) is 7.74. The van der Waals surface area contributed by atoms with E-state index in [9.17, 15) is 16.8 Å². The van der Waals surface area contributed by atoms with Crippen LogP contribution in [0, 0.1) is 0 Å². The Kier molecular flexibility index (Phi) is 4.38. The summed E-state index contributed by atoms with van der Waals surface area (Å²) in [4.78, 5) is -0.0698. The lowest BCUT2D eigenvalue weighted by molar-refractivity contribution is 0.554. The van der Waals surface area contributed by atoms with E-state index in [-0.39, 0.29) is 21.9 Å². The first kappa shape index (κ1) is 17.7. The lowest BCUT2D eigenvalue weighted by Gasteiger charge is -2.15. The molecule has 1 atom stereocenters. The molecule has 0 aliphatic heterocycles. The third-order valence-electron chi connectivity index (χ3n) is 4.76. The molecule has 2 aromatic rings. The maximum absolute atomic E-state index is 12.8. The molecule has 0 amide bonds. The van der Waals surface area contributed by atoms with Crippen LogP contribution in [0.5, 0.6) is 0 Å². The van der Waals surface area contributed by atoms with E-state index in [1.807, 2.05) is 24.3 Å². The summed E-state index contributed by atoms with van der Waals surface area (Å²) in [5, 5.41) is 0. The first-order chi connectivity index (χ1) is 12.4. The van der Waals surface area contributed by atoms with Crippen molar-refractivity contribution >= 4 is 20.0 Å². The zero-order valence-corrected chi connectivity index (χ0v) is 15.7. The quantitative estimate of drug-likeness (QED) is 0.787. The van der Waals surface area contributed by atoms with Gasteiger partial charge in [-0.05, 0) is 55.0 Å². The van der Waals surface area contributed by atoms with Crippen molar-refractivity contribution in [3.63, 3.8) is 0 Å². The van der Waals surface area contributed by atoms with Gasteiger partial charge in [0.05, 0.1) is 9.79 Å². The molecule has 1 saturated carbocycles. The average Bonchev–Trinajstić information content (AvgIpc) is 3.33. The fraction of sp³-hybridized carbons (Fsp3) is 0.333. The van der Waals surface area contributed by atoms with E-state index in [0.717, 1.165) is 30.4 Å². The first-order valence-electron chi connectivity index (χ1n) is 8.58. The van der Waals surface area contributed by atoms with Crippen molar-refractivity contribution in [1.29, 1.82) is 0 Å². The minimum atomic E-state index is -3.82. The van der Waals surface area contributed by atoms with Crippen LogP contribution >= 0.6 is 0 Å². The molecule has 2 aliphatic carbocycles. The van der Waals surface area contributed by atoms with Crippen LogP contribution in [0.2, 0.25) is 0 Å². The van der Waals surface area contributed by atoms with E-state index in [1.54, 1.807) is 0 Å². The van der Waals surface area contributed by atoms with Crippen LogP contribution in [-0.4, -0.2) is 22.9 Å². The fourth-order valence-electron chi connectivity index (χ4n) is 3.23. The van der Waals surface area contributed by atoms with Crippen LogP contribution < -0.4 is 9.44 Å². The van der Waals surface area contributed by atoms with E-state index in [1.165, 1.54) is 24.3 Å². The molecule has 4 rings (SSSR count). The monoisotopic (exact) mass is 392 g/mol. The first-order valence-corrected chi connectivity index (χ1v) is 11.5. The SMILES string of the molecule is O=S(=O)(NC1CC1)c1cccc(S(=O)(=O)NC2CCc3ccccc32)c1. The highest BCUT2D eigenvalue weighted by Gasteiger charge is 2.30. The molecule has 0 saturated heterocycles. The van der Waals surface area contributed by atoms with Crippen molar-refractivity contribution in [3.8, 4) is 0 Å². The molecule has 2 N–H and O–H groups in total. The topological polar surface area (TPSA) is 92.3 Å². The van der Waals surface area contributed by atoms with Crippen molar-refractivity contribution in [3.05, 3.63) is 59.7 Å². The van der Waals surface area contributed by atoms with Crippen molar-refractivity contribution in [2.75, 3.05) is 0 Å². The predicted molar refractivity (Wildman–Crippen MR) is 97.6 cm³/mol. The highest BCUT2D eigenvalue weighted by atomic mass is 32.2. The van der Waals surface area contributed by atoms with Crippen LogP contribution in [0.3, 0.4) is 0 Å². The van der Waals surface area contributed by atoms with E-state index in [0.29, 0.717) is 6.42 Å². The van der Waals surface area contributed by atoms with Crippen molar-refractivity contribution in [2.24, 2.45) is 0 Å². The molecule has 1 unspecified atom stereocenters. The molecule has 0 bridgehead atoms. The van der Waals surface area contributed by atoms with E-state index < -0.39 is 20.0 Å². The van der Waals surface area contributed by atoms with Gasteiger partial charge in [0.25, 0.3) is 0 Å². The Hall–Kier alpha value is -1.74. The van der Waals surface area contributed by atoms with Gasteiger partial charge in [-0.2, -0.15) is 0 Å². The highest BCUT2D eigenvalue weighted by Crippen LogP contribution is 2.32. The molecule has 1 fully saturated rings. The van der Waals surface area contributed by atoms with E-state index in [4.69, 9.17) is 0 Å². The third kappa shape index (κ3) is 3.55. The summed E-state index contributed by atoms with van der Waals surface area (Å²) in [6, 6.07) is 12.9. The van der Waals surface area contributed by atoms with Crippen LogP contribution in [0.4, 0.5) is 0 Å². The molecular weight excluding hydrogens is 372 g/mol. The zero-order chi connectivity index (χ0) is 18.4. The number of rotatable bonds is 6. The number of fused-ring (bicyclic) bond motifs is 1.